The van der Waals surface area contributed by atoms with E-state index < -0.39 is 0 Å². The number of ether oxygens (including phenoxy) is 1. The number of hydrogen-bond donors (Lipinski definition) is 1. The molecule has 1 fully saturated rings. The van der Waals surface area contributed by atoms with Crippen molar-refractivity contribution in [3.8, 4) is 0 Å². The summed E-state index contributed by atoms with van der Waals surface area (Å²) in [5.41, 5.74) is 3.02. The molecular weight excluding hydrogens is 334 g/mol. The molecule has 0 aliphatic carbocycles. The highest BCUT2D eigenvalue weighted by molar-refractivity contribution is 5.94. The van der Waals surface area contributed by atoms with E-state index in [0.717, 1.165) is 30.5 Å². The first kappa shape index (κ1) is 16.7. The number of hydrogen-bond acceptors (Lipinski definition) is 5. The summed E-state index contributed by atoms with van der Waals surface area (Å²) < 4.78 is 6.94. The molecule has 0 bridgehead atoms. The molecule has 136 valence electrons. The highest BCUT2D eigenvalue weighted by atomic mass is 16.5. The summed E-state index contributed by atoms with van der Waals surface area (Å²) >= 11 is 0. The lowest BCUT2D eigenvalue weighted by Crippen LogP contribution is -2.38. The SMILES string of the molecule is O=C(Nc1ccc2c(c1)CN(C(=O)Cn1cncn1)CC2)C1CCCO1. The van der Waals surface area contributed by atoms with Crippen LogP contribution >= 0.6 is 0 Å². The Morgan fingerprint density at radius 1 is 1.31 bits per heavy atom. The maximum absolute atomic E-state index is 12.5. The molecule has 1 atom stereocenters. The number of anilines is 1. The summed E-state index contributed by atoms with van der Waals surface area (Å²) in [5, 5.41) is 6.90. The summed E-state index contributed by atoms with van der Waals surface area (Å²) in [6.07, 6.45) is 5.09. The zero-order valence-electron chi connectivity index (χ0n) is 14.4. The molecule has 2 amide bonds. The molecule has 2 aliphatic rings. The first-order valence-corrected chi connectivity index (χ1v) is 8.83. The van der Waals surface area contributed by atoms with E-state index in [0.29, 0.717) is 19.7 Å². The Balaban J connectivity index is 1.42. The molecule has 8 heteroatoms. The van der Waals surface area contributed by atoms with Crippen molar-refractivity contribution in [1.29, 1.82) is 0 Å². The number of nitrogens with zero attached hydrogens (tertiary/aromatic N) is 4. The van der Waals surface area contributed by atoms with Gasteiger partial charge in [0, 0.05) is 25.4 Å². The molecule has 2 aromatic rings. The molecule has 3 heterocycles. The lowest BCUT2D eigenvalue weighted by Gasteiger charge is -2.29. The van der Waals surface area contributed by atoms with Gasteiger partial charge in [-0.25, -0.2) is 9.67 Å². The van der Waals surface area contributed by atoms with Crippen molar-refractivity contribution in [2.24, 2.45) is 0 Å². The molecule has 1 aromatic carbocycles. The summed E-state index contributed by atoms with van der Waals surface area (Å²) in [6.45, 7) is 2.05. The normalized spacial score (nSPS) is 19.2. The van der Waals surface area contributed by atoms with Crippen LogP contribution < -0.4 is 5.32 Å². The van der Waals surface area contributed by atoms with Gasteiger partial charge in [-0.05, 0) is 42.5 Å². The Bertz CT molecular complexity index is 799. The average molecular weight is 355 g/mol. The first-order chi connectivity index (χ1) is 12.7. The van der Waals surface area contributed by atoms with E-state index >= 15 is 0 Å². The van der Waals surface area contributed by atoms with Crippen LogP contribution in [0.3, 0.4) is 0 Å². The number of carbonyl (C=O) groups excluding carboxylic acids is 2. The predicted molar refractivity (Wildman–Crippen MR) is 93.2 cm³/mol. The number of rotatable bonds is 4. The van der Waals surface area contributed by atoms with Crippen molar-refractivity contribution in [1.82, 2.24) is 19.7 Å². The van der Waals surface area contributed by atoms with Crippen molar-refractivity contribution in [2.75, 3.05) is 18.5 Å². The van der Waals surface area contributed by atoms with Crippen LogP contribution in [0.15, 0.2) is 30.9 Å². The Kier molecular flexibility index (Phi) is 4.66. The summed E-state index contributed by atoms with van der Waals surface area (Å²) in [5.74, 6) is -0.0904. The molecule has 4 rings (SSSR count). The van der Waals surface area contributed by atoms with E-state index in [1.54, 1.807) is 0 Å². The molecule has 1 saturated heterocycles. The molecule has 1 aromatic heterocycles. The maximum Gasteiger partial charge on any atom is 0.253 e. The zero-order valence-corrected chi connectivity index (χ0v) is 14.4. The lowest BCUT2D eigenvalue weighted by atomic mass is 9.99. The topological polar surface area (TPSA) is 89.4 Å². The second kappa shape index (κ2) is 7.25. The van der Waals surface area contributed by atoms with Gasteiger partial charge >= 0.3 is 0 Å². The molecule has 26 heavy (non-hydrogen) atoms. The van der Waals surface area contributed by atoms with E-state index in [2.05, 4.69) is 15.4 Å². The lowest BCUT2D eigenvalue weighted by molar-refractivity contribution is -0.133. The number of nitrogens with one attached hydrogen (secondary N) is 1. The van der Waals surface area contributed by atoms with Crippen molar-refractivity contribution < 1.29 is 14.3 Å². The minimum absolute atomic E-state index is 0.00921. The third kappa shape index (κ3) is 3.60. The van der Waals surface area contributed by atoms with Gasteiger partial charge in [0.05, 0.1) is 0 Å². The van der Waals surface area contributed by atoms with Gasteiger partial charge in [-0.2, -0.15) is 5.10 Å². The average Bonchev–Trinajstić information content (AvgIpc) is 3.35. The van der Waals surface area contributed by atoms with Crippen LogP contribution in [0.5, 0.6) is 0 Å². The summed E-state index contributed by atoms with van der Waals surface area (Å²) in [4.78, 5) is 30.4. The predicted octanol–water partition coefficient (Wildman–Crippen LogP) is 0.980. The van der Waals surface area contributed by atoms with Crippen LogP contribution in [-0.4, -0.2) is 50.7 Å². The minimum atomic E-state index is -0.355. The fourth-order valence-corrected chi connectivity index (χ4v) is 3.41. The number of benzene rings is 1. The van der Waals surface area contributed by atoms with Crippen LogP contribution in [0, 0.1) is 0 Å². The third-order valence-corrected chi connectivity index (χ3v) is 4.82. The number of amides is 2. The Morgan fingerprint density at radius 3 is 3.00 bits per heavy atom. The van der Waals surface area contributed by atoms with Gasteiger partial charge in [-0.3, -0.25) is 9.59 Å². The Labute approximate surface area is 151 Å². The van der Waals surface area contributed by atoms with E-state index in [1.165, 1.54) is 22.9 Å². The van der Waals surface area contributed by atoms with Gasteiger partial charge < -0.3 is 15.0 Å². The standard InChI is InChI=1S/C18H21N5O3/c24-17(10-23-12-19-11-20-23)22-6-5-13-3-4-15(8-14(13)9-22)21-18(25)16-2-1-7-26-16/h3-4,8,11-12,16H,1-2,5-7,9-10H2,(H,21,25). The van der Waals surface area contributed by atoms with Crippen molar-refractivity contribution >= 4 is 17.5 Å². The second-order valence-electron chi connectivity index (χ2n) is 6.63. The van der Waals surface area contributed by atoms with E-state index in [4.69, 9.17) is 4.74 Å². The molecule has 8 nitrogen and oxygen atoms in total. The monoisotopic (exact) mass is 355 g/mol. The highest BCUT2D eigenvalue weighted by Gasteiger charge is 2.25. The maximum atomic E-state index is 12.5. The molecular formula is C18H21N5O3. The van der Waals surface area contributed by atoms with Crippen LogP contribution in [0.4, 0.5) is 5.69 Å². The van der Waals surface area contributed by atoms with Gasteiger partial charge in [0.25, 0.3) is 5.91 Å². The van der Waals surface area contributed by atoms with Gasteiger partial charge in [0.1, 0.15) is 25.3 Å². The Hall–Kier alpha value is -2.74. The Morgan fingerprint density at radius 2 is 2.23 bits per heavy atom. The zero-order chi connectivity index (χ0) is 17.9. The van der Waals surface area contributed by atoms with Gasteiger partial charge in [0.15, 0.2) is 0 Å². The molecule has 1 N–H and O–H groups in total. The number of aromatic nitrogens is 3. The van der Waals surface area contributed by atoms with Crippen LogP contribution in [0.1, 0.15) is 24.0 Å². The van der Waals surface area contributed by atoms with E-state index in [-0.39, 0.29) is 24.5 Å². The molecule has 0 spiro atoms. The van der Waals surface area contributed by atoms with Gasteiger partial charge in [-0.15, -0.1) is 0 Å². The fraction of sp³-hybridized carbons (Fsp3) is 0.444. The van der Waals surface area contributed by atoms with Crippen molar-refractivity contribution in [3.63, 3.8) is 0 Å². The molecule has 2 aliphatic heterocycles. The minimum Gasteiger partial charge on any atom is -0.368 e. The number of fused-ring (bicyclic) bond motifs is 1. The van der Waals surface area contributed by atoms with Gasteiger partial charge in [-0.1, -0.05) is 6.07 Å². The molecule has 1 unspecified atom stereocenters. The smallest absolute Gasteiger partial charge is 0.253 e. The molecule has 0 saturated carbocycles. The van der Waals surface area contributed by atoms with E-state index in [9.17, 15) is 9.59 Å². The number of carbonyl (C=O) groups is 2. The quantitative estimate of drug-likeness (QED) is 0.883. The van der Waals surface area contributed by atoms with Crippen molar-refractivity contribution in [3.05, 3.63) is 42.0 Å². The second-order valence-corrected chi connectivity index (χ2v) is 6.63. The first-order valence-electron chi connectivity index (χ1n) is 8.83. The molecule has 0 radical (unpaired) electrons. The van der Waals surface area contributed by atoms with Crippen LogP contribution in [0.25, 0.3) is 0 Å². The largest absolute Gasteiger partial charge is 0.368 e. The highest BCUT2D eigenvalue weighted by Crippen LogP contribution is 2.24. The summed E-state index contributed by atoms with van der Waals surface area (Å²) in [7, 11) is 0. The van der Waals surface area contributed by atoms with Crippen LogP contribution in [-0.2, 0) is 33.8 Å². The third-order valence-electron chi connectivity index (χ3n) is 4.82. The van der Waals surface area contributed by atoms with E-state index in [1.807, 2.05) is 23.1 Å². The van der Waals surface area contributed by atoms with Gasteiger partial charge in [0.2, 0.25) is 5.91 Å². The van der Waals surface area contributed by atoms with Crippen molar-refractivity contribution in [2.45, 2.75) is 38.5 Å². The fourth-order valence-electron chi connectivity index (χ4n) is 3.41. The van der Waals surface area contributed by atoms with Crippen LogP contribution in [0.2, 0.25) is 0 Å². The summed E-state index contributed by atoms with van der Waals surface area (Å²) in [6, 6.07) is 5.90.